The minimum absolute atomic E-state index is 0.294. The summed E-state index contributed by atoms with van der Waals surface area (Å²) in [5.74, 6) is 0.761. The molecule has 1 aromatic rings. The van der Waals surface area contributed by atoms with Crippen molar-refractivity contribution < 1.29 is 4.74 Å². The van der Waals surface area contributed by atoms with Gasteiger partial charge in [-0.05, 0) is 37.5 Å². The molecule has 2 unspecified atom stereocenters. The molecule has 2 fully saturated rings. The zero-order valence-electron chi connectivity index (χ0n) is 9.96. The predicted octanol–water partition coefficient (Wildman–Crippen LogP) is 5.47. The monoisotopic (exact) mass is 348 g/mol. The molecule has 0 aliphatic heterocycles. The Morgan fingerprint density at radius 1 is 1.22 bits per heavy atom. The zero-order valence-corrected chi connectivity index (χ0v) is 13.1. The van der Waals surface area contributed by atoms with E-state index in [0.29, 0.717) is 26.4 Å². The first-order valence-electron chi connectivity index (χ1n) is 6.37. The molecule has 0 amide bonds. The van der Waals surface area contributed by atoms with Gasteiger partial charge in [0.05, 0.1) is 5.02 Å². The minimum Gasteiger partial charge on any atom is -0.488 e. The Morgan fingerprint density at radius 3 is 2.56 bits per heavy atom. The molecule has 0 N–H and O–H groups in total. The van der Waals surface area contributed by atoms with E-state index >= 15 is 0 Å². The fraction of sp³-hybridized carbons (Fsp3) is 0.571. The van der Waals surface area contributed by atoms with E-state index in [1.165, 1.54) is 25.7 Å². The van der Waals surface area contributed by atoms with Gasteiger partial charge in [0.15, 0.2) is 0 Å². The minimum atomic E-state index is 0.294. The summed E-state index contributed by atoms with van der Waals surface area (Å²) in [7, 11) is 0. The van der Waals surface area contributed by atoms with Crippen LogP contribution < -0.4 is 4.74 Å². The van der Waals surface area contributed by atoms with Gasteiger partial charge in [0.2, 0.25) is 0 Å². The molecule has 2 aliphatic carbocycles. The van der Waals surface area contributed by atoms with E-state index in [1.54, 1.807) is 6.07 Å². The van der Waals surface area contributed by atoms with Crippen LogP contribution in [0.3, 0.4) is 0 Å². The van der Waals surface area contributed by atoms with Crippen molar-refractivity contribution in [2.24, 2.45) is 5.41 Å². The van der Waals surface area contributed by atoms with Gasteiger partial charge in [-0.1, -0.05) is 52.0 Å². The number of alkyl halides is 1. The standard InChI is InChI=1S/C14H15BrCl2O/c15-12-8-13(14(12)5-1-2-6-14)18-11-4-3-9(16)7-10(11)17/h3-4,7,12-13H,1-2,5-6,8H2. The van der Waals surface area contributed by atoms with Crippen molar-refractivity contribution in [2.75, 3.05) is 0 Å². The molecule has 2 saturated carbocycles. The molecular weight excluding hydrogens is 335 g/mol. The van der Waals surface area contributed by atoms with Crippen molar-refractivity contribution in [2.45, 2.75) is 43.0 Å². The molecule has 1 spiro atoms. The Labute approximate surface area is 126 Å². The van der Waals surface area contributed by atoms with Gasteiger partial charge in [-0.3, -0.25) is 0 Å². The van der Waals surface area contributed by atoms with Crippen LogP contribution >= 0.6 is 39.1 Å². The number of rotatable bonds is 2. The van der Waals surface area contributed by atoms with Gasteiger partial charge >= 0.3 is 0 Å². The van der Waals surface area contributed by atoms with Crippen LogP contribution in [0.4, 0.5) is 0 Å². The predicted molar refractivity (Wildman–Crippen MR) is 79.1 cm³/mol. The quantitative estimate of drug-likeness (QED) is 0.643. The Hall–Kier alpha value is 0.0800. The number of benzene rings is 1. The molecule has 4 heteroatoms. The first-order valence-corrected chi connectivity index (χ1v) is 8.05. The first kappa shape index (κ1) is 13.1. The highest BCUT2D eigenvalue weighted by Gasteiger charge is 2.56. The third-order valence-electron chi connectivity index (χ3n) is 4.38. The fourth-order valence-corrected chi connectivity index (χ4v) is 4.80. The van der Waals surface area contributed by atoms with E-state index in [9.17, 15) is 0 Å². The van der Waals surface area contributed by atoms with E-state index in [-0.39, 0.29) is 0 Å². The molecule has 1 aromatic carbocycles. The van der Waals surface area contributed by atoms with Crippen LogP contribution in [0, 0.1) is 5.41 Å². The maximum Gasteiger partial charge on any atom is 0.138 e. The Kier molecular flexibility index (Phi) is 3.55. The molecule has 18 heavy (non-hydrogen) atoms. The summed E-state index contributed by atoms with van der Waals surface area (Å²) in [5.41, 5.74) is 0.336. The first-order chi connectivity index (χ1) is 8.62. The summed E-state index contributed by atoms with van der Waals surface area (Å²) in [6, 6.07) is 5.44. The lowest BCUT2D eigenvalue weighted by atomic mass is 9.64. The highest BCUT2D eigenvalue weighted by atomic mass is 79.9. The van der Waals surface area contributed by atoms with Crippen molar-refractivity contribution >= 4 is 39.1 Å². The lowest BCUT2D eigenvalue weighted by Gasteiger charge is -2.51. The van der Waals surface area contributed by atoms with Gasteiger partial charge < -0.3 is 4.74 Å². The summed E-state index contributed by atoms with van der Waals surface area (Å²) in [5, 5.41) is 1.25. The second kappa shape index (κ2) is 4.88. The summed E-state index contributed by atoms with van der Waals surface area (Å²) < 4.78 is 6.12. The van der Waals surface area contributed by atoms with Crippen molar-refractivity contribution in [1.29, 1.82) is 0 Å². The van der Waals surface area contributed by atoms with Gasteiger partial charge in [0.1, 0.15) is 11.9 Å². The summed E-state index contributed by atoms with van der Waals surface area (Å²) in [6.07, 6.45) is 6.52. The van der Waals surface area contributed by atoms with Gasteiger partial charge in [-0.25, -0.2) is 0 Å². The zero-order chi connectivity index (χ0) is 12.8. The van der Waals surface area contributed by atoms with Crippen LogP contribution in [-0.2, 0) is 0 Å². The van der Waals surface area contributed by atoms with Crippen molar-refractivity contribution in [1.82, 2.24) is 0 Å². The summed E-state index contributed by atoms with van der Waals surface area (Å²) in [6.45, 7) is 0. The average Bonchev–Trinajstić information content (AvgIpc) is 2.83. The van der Waals surface area contributed by atoms with Crippen LogP contribution in [-0.4, -0.2) is 10.9 Å². The highest BCUT2D eigenvalue weighted by molar-refractivity contribution is 9.09. The summed E-state index contributed by atoms with van der Waals surface area (Å²) >= 11 is 15.9. The van der Waals surface area contributed by atoms with Crippen LogP contribution in [0.5, 0.6) is 5.75 Å². The molecular formula is C14H15BrCl2O. The van der Waals surface area contributed by atoms with Crippen molar-refractivity contribution in [3.8, 4) is 5.75 Å². The lowest BCUT2D eigenvalue weighted by Crippen LogP contribution is -2.55. The van der Waals surface area contributed by atoms with E-state index < -0.39 is 0 Å². The molecule has 2 atom stereocenters. The largest absolute Gasteiger partial charge is 0.488 e. The van der Waals surface area contributed by atoms with Gasteiger partial charge in [0, 0.05) is 15.3 Å². The fourth-order valence-electron chi connectivity index (χ4n) is 3.26. The van der Waals surface area contributed by atoms with Crippen LogP contribution in [0.2, 0.25) is 10.0 Å². The third kappa shape index (κ3) is 2.07. The van der Waals surface area contributed by atoms with E-state index in [0.717, 1.165) is 12.2 Å². The number of hydrogen-bond acceptors (Lipinski definition) is 1. The van der Waals surface area contributed by atoms with Gasteiger partial charge in [0.25, 0.3) is 0 Å². The van der Waals surface area contributed by atoms with E-state index in [4.69, 9.17) is 27.9 Å². The SMILES string of the molecule is Clc1ccc(OC2CC(Br)C23CCCC3)c(Cl)c1. The maximum absolute atomic E-state index is 6.17. The van der Waals surface area contributed by atoms with Crippen LogP contribution in [0.1, 0.15) is 32.1 Å². The topological polar surface area (TPSA) is 9.23 Å². The van der Waals surface area contributed by atoms with E-state index in [1.807, 2.05) is 12.1 Å². The average molecular weight is 350 g/mol. The van der Waals surface area contributed by atoms with Crippen molar-refractivity contribution in [3.63, 3.8) is 0 Å². The molecule has 0 bridgehead atoms. The molecule has 3 rings (SSSR count). The highest BCUT2D eigenvalue weighted by Crippen LogP contribution is 2.58. The third-order valence-corrected chi connectivity index (χ3v) is 6.20. The maximum atomic E-state index is 6.17. The van der Waals surface area contributed by atoms with Gasteiger partial charge in [-0.2, -0.15) is 0 Å². The molecule has 0 saturated heterocycles. The number of hydrogen-bond donors (Lipinski definition) is 0. The second-order valence-electron chi connectivity index (χ2n) is 5.32. The Bertz CT molecular complexity index is 457. The molecule has 98 valence electrons. The van der Waals surface area contributed by atoms with Crippen LogP contribution in [0.15, 0.2) is 18.2 Å². The normalized spacial score (nSPS) is 29.3. The Balaban J connectivity index is 1.77. The van der Waals surface area contributed by atoms with Crippen molar-refractivity contribution in [3.05, 3.63) is 28.2 Å². The Morgan fingerprint density at radius 2 is 1.94 bits per heavy atom. The smallest absolute Gasteiger partial charge is 0.138 e. The summed E-state index contributed by atoms with van der Waals surface area (Å²) in [4.78, 5) is 0.601. The van der Waals surface area contributed by atoms with Crippen LogP contribution in [0.25, 0.3) is 0 Å². The molecule has 1 nitrogen and oxygen atoms in total. The lowest BCUT2D eigenvalue weighted by molar-refractivity contribution is -0.0303. The number of halogens is 3. The molecule has 2 aliphatic rings. The molecule has 0 aromatic heterocycles. The van der Waals surface area contributed by atoms with E-state index in [2.05, 4.69) is 15.9 Å². The molecule has 0 heterocycles. The second-order valence-corrected chi connectivity index (χ2v) is 7.27. The number of ether oxygens (including phenoxy) is 1. The van der Waals surface area contributed by atoms with Gasteiger partial charge in [-0.15, -0.1) is 0 Å². The molecule has 0 radical (unpaired) electrons.